The SMILES string of the molecule is Cc1ccc2sc(N3CC[NH+](CCNC(=O)c4ccccc4F)CC3)nc2c1C. The summed E-state index contributed by atoms with van der Waals surface area (Å²) >= 11 is 1.76. The number of hydrogen-bond donors (Lipinski definition) is 2. The second-order valence-electron chi connectivity index (χ2n) is 7.57. The molecule has 2 N–H and O–H groups in total. The van der Waals surface area contributed by atoms with E-state index in [2.05, 4.69) is 36.2 Å². The topological polar surface area (TPSA) is 49.7 Å². The lowest BCUT2D eigenvalue weighted by atomic mass is 10.1. The number of fused-ring (bicyclic) bond motifs is 1. The molecule has 2 aromatic carbocycles. The van der Waals surface area contributed by atoms with Gasteiger partial charge in [0.05, 0.1) is 55.0 Å². The normalized spacial score (nSPS) is 15.1. The molecular formula is C22H26FN4OS+. The first-order chi connectivity index (χ1) is 14.0. The number of thiazole rings is 1. The van der Waals surface area contributed by atoms with Gasteiger partial charge in [0.25, 0.3) is 5.91 Å². The van der Waals surface area contributed by atoms with E-state index < -0.39 is 5.82 Å². The van der Waals surface area contributed by atoms with Crippen molar-refractivity contribution >= 4 is 32.6 Å². The Kier molecular flexibility index (Phi) is 5.78. The Bertz CT molecular complexity index is 1030. The molecule has 0 unspecified atom stereocenters. The Hall–Kier alpha value is -2.51. The molecular weight excluding hydrogens is 387 g/mol. The van der Waals surface area contributed by atoms with Crippen LogP contribution in [0.3, 0.4) is 0 Å². The molecule has 1 amide bonds. The Balaban J connectivity index is 1.28. The molecule has 0 aliphatic carbocycles. The van der Waals surface area contributed by atoms with Gasteiger partial charge >= 0.3 is 0 Å². The molecule has 1 saturated heterocycles. The van der Waals surface area contributed by atoms with Crippen LogP contribution in [-0.4, -0.2) is 50.2 Å². The van der Waals surface area contributed by atoms with Gasteiger partial charge in [0, 0.05) is 0 Å². The minimum Gasteiger partial charge on any atom is -0.346 e. The molecule has 0 bridgehead atoms. The molecule has 2 heterocycles. The first-order valence-electron chi connectivity index (χ1n) is 10.0. The molecule has 0 atom stereocenters. The highest BCUT2D eigenvalue weighted by molar-refractivity contribution is 7.22. The average Bonchev–Trinajstić information content (AvgIpc) is 3.17. The zero-order chi connectivity index (χ0) is 20.4. The van der Waals surface area contributed by atoms with Gasteiger partial charge in [-0.15, -0.1) is 0 Å². The van der Waals surface area contributed by atoms with Crippen LogP contribution in [0.2, 0.25) is 0 Å². The van der Waals surface area contributed by atoms with Crippen molar-refractivity contribution in [1.29, 1.82) is 0 Å². The summed E-state index contributed by atoms with van der Waals surface area (Å²) in [5.74, 6) is -0.825. The van der Waals surface area contributed by atoms with Crippen molar-refractivity contribution in [3.8, 4) is 0 Å². The van der Waals surface area contributed by atoms with Crippen LogP contribution in [0, 0.1) is 19.7 Å². The Morgan fingerprint density at radius 3 is 2.72 bits per heavy atom. The molecule has 1 fully saturated rings. The second kappa shape index (κ2) is 8.47. The van der Waals surface area contributed by atoms with E-state index in [1.807, 2.05) is 0 Å². The fourth-order valence-electron chi connectivity index (χ4n) is 3.71. The number of carbonyl (C=O) groups excluding carboxylic acids is 1. The Labute approximate surface area is 174 Å². The summed E-state index contributed by atoms with van der Waals surface area (Å²) in [6.45, 7) is 9.56. The number of amides is 1. The Morgan fingerprint density at radius 1 is 1.21 bits per heavy atom. The number of nitrogens with one attached hydrogen (secondary N) is 2. The van der Waals surface area contributed by atoms with Gasteiger partial charge in [-0.2, -0.15) is 0 Å². The number of aromatic nitrogens is 1. The standard InChI is InChI=1S/C22H25FN4OS/c1-15-7-8-19-20(16(15)2)25-22(29-19)27-13-11-26(12-14-27)10-9-24-21(28)17-5-3-4-6-18(17)23/h3-8H,9-14H2,1-2H3,(H,24,28)/p+1. The molecule has 152 valence electrons. The number of carbonyl (C=O) groups is 1. The first kappa shape index (κ1) is 19.8. The summed E-state index contributed by atoms with van der Waals surface area (Å²) in [5.41, 5.74) is 3.77. The van der Waals surface area contributed by atoms with Crippen LogP contribution in [0.1, 0.15) is 21.5 Å². The average molecular weight is 414 g/mol. The molecule has 29 heavy (non-hydrogen) atoms. The number of aryl methyl sites for hydroxylation is 2. The number of quaternary nitrogens is 1. The van der Waals surface area contributed by atoms with Crippen LogP contribution in [0.5, 0.6) is 0 Å². The molecule has 4 rings (SSSR count). The fraction of sp³-hybridized carbons (Fsp3) is 0.364. The van der Waals surface area contributed by atoms with Gasteiger partial charge in [-0.3, -0.25) is 4.79 Å². The van der Waals surface area contributed by atoms with Crippen LogP contribution in [0.15, 0.2) is 36.4 Å². The highest BCUT2D eigenvalue weighted by atomic mass is 32.1. The number of rotatable bonds is 5. The van der Waals surface area contributed by atoms with Gasteiger partial charge in [0.1, 0.15) is 5.82 Å². The molecule has 1 aromatic heterocycles. The summed E-state index contributed by atoms with van der Waals surface area (Å²) in [6.07, 6.45) is 0. The van der Waals surface area contributed by atoms with Crippen LogP contribution >= 0.6 is 11.3 Å². The van der Waals surface area contributed by atoms with Gasteiger partial charge in [-0.05, 0) is 43.2 Å². The van der Waals surface area contributed by atoms with E-state index in [4.69, 9.17) is 4.98 Å². The second-order valence-corrected chi connectivity index (χ2v) is 8.58. The van der Waals surface area contributed by atoms with Crippen molar-refractivity contribution in [3.63, 3.8) is 0 Å². The lowest BCUT2D eigenvalue weighted by Crippen LogP contribution is -3.15. The molecule has 1 aliphatic heterocycles. The predicted octanol–water partition coefficient (Wildman–Crippen LogP) is 2.19. The summed E-state index contributed by atoms with van der Waals surface area (Å²) in [6, 6.07) is 10.4. The molecule has 3 aromatic rings. The Morgan fingerprint density at radius 2 is 1.97 bits per heavy atom. The van der Waals surface area contributed by atoms with Gasteiger partial charge in [-0.25, -0.2) is 9.37 Å². The zero-order valence-electron chi connectivity index (χ0n) is 16.8. The maximum absolute atomic E-state index is 13.7. The number of piperazine rings is 1. The highest BCUT2D eigenvalue weighted by Crippen LogP contribution is 2.31. The van der Waals surface area contributed by atoms with Crippen LogP contribution in [-0.2, 0) is 0 Å². The summed E-state index contributed by atoms with van der Waals surface area (Å²) in [7, 11) is 0. The number of halogens is 1. The minimum absolute atomic E-state index is 0.105. The number of nitrogens with zero attached hydrogens (tertiary/aromatic N) is 2. The maximum Gasteiger partial charge on any atom is 0.254 e. The van der Waals surface area contributed by atoms with Gasteiger partial charge in [-0.1, -0.05) is 29.5 Å². The molecule has 1 aliphatic rings. The molecule has 7 heteroatoms. The number of anilines is 1. The fourth-order valence-corrected chi connectivity index (χ4v) is 4.78. The van der Waals surface area contributed by atoms with Crippen molar-refractivity contribution in [2.24, 2.45) is 0 Å². The lowest BCUT2D eigenvalue weighted by Gasteiger charge is -2.32. The summed E-state index contributed by atoms with van der Waals surface area (Å²) < 4.78 is 14.9. The third-order valence-corrected chi connectivity index (χ3v) is 6.78. The molecule has 0 saturated carbocycles. The first-order valence-corrected chi connectivity index (χ1v) is 10.8. The van der Waals surface area contributed by atoms with Crippen molar-refractivity contribution < 1.29 is 14.1 Å². The third-order valence-electron chi connectivity index (χ3n) is 5.70. The van der Waals surface area contributed by atoms with E-state index in [1.165, 1.54) is 32.9 Å². The van der Waals surface area contributed by atoms with Crippen molar-refractivity contribution in [2.45, 2.75) is 13.8 Å². The van der Waals surface area contributed by atoms with Gasteiger partial charge in [0.15, 0.2) is 5.13 Å². The smallest absolute Gasteiger partial charge is 0.254 e. The summed E-state index contributed by atoms with van der Waals surface area (Å²) in [5, 5.41) is 3.93. The van der Waals surface area contributed by atoms with E-state index in [0.717, 1.165) is 43.4 Å². The van der Waals surface area contributed by atoms with Gasteiger partial charge in [0.2, 0.25) is 0 Å². The largest absolute Gasteiger partial charge is 0.346 e. The molecule has 0 spiro atoms. The molecule has 0 radical (unpaired) electrons. The quantitative estimate of drug-likeness (QED) is 0.674. The highest BCUT2D eigenvalue weighted by Gasteiger charge is 2.23. The maximum atomic E-state index is 13.7. The van der Waals surface area contributed by atoms with E-state index in [-0.39, 0.29) is 11.5 Å². The van der Waals surface area contributed by atoms with Crippen molar-refractivity contribution in [3.05, 3.63) is 58.9 Å². The minimum atomic E-state index is -0.479. The zero-order valence-corrected chi connectivity index (χ0v) is 17.6. The van der Waals surface area contributed by atoms with Gasteiger partial charge < -0.3 is 15.1 Å². The number of benzene rings is 2. The van der Waals surface area contributed by atoms with Crippen molar-refractivity contribution in [1.82, 2.24) is 10.3 Å². The molecule has 5 nitrogen and oxygen atoms in total. The predicted molar refractivity (Wildman–Crippen MR) is 116 cm³/mol. The van der Waals surface area contributed by atoms with E-state index in [9.17, 15) is 9.18 Å². The third kappa shape index (κ3) is 4.26. The van der Waals surface area contributed by atoms with E-state index in [0.29, 0.717) is 6.54 Å². The van der Waals surface area contributed by atoms with Crippen LogP contribution in [0.25, 0.3) is 10.2 Å². The van der Waals surface area contributed by atoms with Crippen LogP contribution in [0.4, 0.5) is 9.52 Å². The van der Waals surface area contributed by atoms with Crippen LogP contribution < -0.4 is 15.1 Å². The lowest BCUT2D eigenvalue weighted by molar-refractivity contribution is -0.899. The summed E-state index contributed by atoms with van der Waals surface area (Å²) in [4.78, 5) is 20.8. The van der Waals surface area contributed by atoms with E-state index >= 15 is 0 Å². The van der Waals surface area contributed by atoms with Crippen molar-refractivity contribution in [2.75, 3.05) is 44.2 Å². The van der Waals surface area contributed by atoms with E-state index in [1.54, 1.807) is 23.5 Å². The monoisotopic (exact) mass is 413 g/mol. The number of hydrogen-bond acceptors (Lipinski definition) is 4.